The number of carboxylic acids is 1. The Morgan fingerprint density at radius 2 is 0.818 bits per heavy atom. The first-order valence-electron chi connectivity index (χ1n) is 30.2. The van der Waals surface area contributed by atoms with Gasteiger partial charge in [-0.05, 0) is 122 Å². The predicted molar refractivity (Wildman–Crippen MR) is 312 cm³/mol. The molecule has 438 valence electrons. The minimum atomic E-state index is -1.92. The van der Waals surface area contributed by atoms with Crippen LogP contribution in [-0.4, -0.2) is 89.2 Å². The van der Waals surface area contributed by atoms with Crippen LogP contribution in [0.3, 0.4) is 0 Å². The number of unbranched alkanes of at least 4 members (excludes halogenated alkanes) is 20. The van der Waals surface area contributed by atoms with Gasteiger partial charge in [-0.3, -0.25) is 14.4 Å². The van der Waals surface area contributed by atoms with Gasteiger partial charge in [0.25, 0.3) is 0 Å². The second-order valence-corrected chi connectivity index (χ2v) is 20.2. The molecule has 1 rings (SSSR count). The normalized spacial score (nSPS) is 18.7. The van der Waals surface area contributed by atoms with Gasteiger partial charge in [0.05, 0.1) is 6.61 Å². The van der Waals surface area contributed by atoms with Crippen molar-refractivity contribution < 1.29 is 58.2 Å². The van der Waals surface area contributed by atoms with E-state index >= 15 is 0 Å². The van der Waals surface area contributed by atoms with Gasteiger partial charge in [0.1, 0.15) is 18.8 Å². The molecule has 77 heavy (non-hydrogen) atoms. The van der Waals surface area contributed by atoms with E-state index in [2.05, 4.69) is 118 Å². The predicted octanol–water partition coefficient (Wildman–Crippen LogP) is 15.7. The third-order valence-electron chi connectivity index (χ3n) is 13.1. The molecule has 0 spiro atoms. The molecule has 6 unspecified atom stereocenters. The molecule has 0 aromatic carbocycles. The summed E-state index contributed by atoms with van der Waals surface area (Å²) in [6.07, 6.45) is 56.6. The Labute approximate surface area is 466 Å². The van der Waals surface area contributed by atoms with Crippen LogP contribution in [0.4, 0.5) is 0 Å². The quantitative estimate of drug-likeness (QED) is 0.0228. The van der Waals surface area contributed by atoms with E-state index in [0.29, 0.717) is 19.3 Å². The van der Waals surface area contributed by atoms with E-state index in [1.807, 2.05) is 0 Å². The Kier molecular flexibility index (Phi) is 48.0. The van der Waals surface area contributed by atoms with Gasteiger partial charge in [0, 0.05) is 19.3 Å². The van der Waals surface area contributed by atoms with Crippen LogP contribution in [-0.2, 0) is 42.9 Å². The second kappa shape index (κ2) is 52.3. The van der Waals surface area contributed by atoms with Crippen LogP contribution in [0.1, 0.15) is 239 Å². The van der Waals surface area contributed by atoms with Gasteiger partial charge in [-0.1, -0.05) is 195 Å². The largest absolute Gasteiger partial charge is 0.479 e. The minimum absolute atomic E-state index is 0.0367. The van der Waals surface area contributed by atoms with Gasteiger partial charge in [-0.15, -0.1) is 0 Å². The molecule has 0 saturated carbocycles. The fourth-order valence-electron chi connectivity index (χ4n) is 8.48. The second-order valence-electron chi connectivity index (χ2n) is 20.2. The number of esters is 3. The molecule has 0 amide bonds. The smallest absolute Gasteiger partial charge is 0.335 e. The van der Waals surface area contributed by atoms with Gasteiger partial charge in [-0.25, -0.2) is 4.79 Å². The number of allylic oxidation sites excluding steroid dienone is 16. The lowest BCUT2D eigenvalue weighted by Gasteiger charge is -2.40. The Hall–Kier alpha value is -4.36. The Morgan fingerprint density at radius 3 is 1.26 bits per heavy atom. The zero-order chi connectivity index (χ0) is 56.1. The van der Waals surface area contributed by atoms with Crippen LogP contribution >= 0.6 is 0 Å². The molecule has 1 saturated heterocycles. The number of carbonyl (C=O) groups is 4. The standard InChI is InChI=1S/C65H106O12/c1-4-7-10-13-16-19-22-25-27-28-29-30-32-35-38-41-44-47-50-53-59(68)76-63-61(70)60(69)62(64(71)72)77-65(63)74-55-56(75-58(67)52-49-46-43-40-37-33-24-21-18-15-12-9-6-3)54-73-57(66)51-48-45-42-39-36-34-31-26-23-20-17-14-11-8-5-2/h9,12,16-21,25-27,29-31,33,37,56,60-63,65,69-70H,4-8,10-11,13-15,22-24,28,32,34-36,38-55H2,1-3H3,(H,71,72)/b12-9-,19-16-,20-17-,21-18-,27-25-,30-29-,31-26-,37-33-. The maximum atomic E-state index is 13.1. The van der Waals surface area contributed by atoms with Crippen molar-refractivity contribution in [2.24, 2.45) is 0 Å². The molecule has 1 aliphatic rings. The molecule has 0 aromatic heterocycles. The van der Waals surface area contributed by atoms with E-state index in [4.69, 9.17) is 23.7 Å². The van der Waals surface area contributed by atoms with Crippen molar-refractivity contribution in [3.8, 4) is 0 Å². The number of carboxylic acid groups (broad SMARTS) is 1. The molecule has 12 nitrogen and oxygen atoms in total. The number of carbonyl (C=O) groups excluding carboxylic acids is 3. The van der Waals surface area contributed by atoms with Crippen molar-refractivity contribution in [2.75, 3.05) is 13.2 Å². The van der Waals surface area contributed by atoms with E-state index in [-0.39, 0.29) is 25.9 Å². The van der Waals surface area contributed by atoms with E-state index in [1.54, 1.807) is 0 Å². The van der Waals surface area contributed by atoms with Gasteiger partial charge in [0.15, 0.2) is 24.6 Å². The number of rotatable bonds is 50. The number of aliphatic hydroxyl groups is 2. The molecule has 6 atom stereocenters. The minimum Gasteiger partial charge on any atom is -0.479 e. The first-order valence-corrected chi connectivity index (χ1v) is 30.2. The molecule has 0 aromatic rings. The third kappa shape index (κ3) is 42.3. The van der Waals surface area contributed by atoms with Gasteiger partial charge >= 0.3 is 23.9 Å². The van der Waals surface area contributed by atoms with Gasteiger partial charge in [0.2, 0.25) is 0 Å². The molecule has 12 heteroatoms. The summed E-state index contributed by atoms with van der Waals surface area (Å²) in [6.45, 7) is 5.78. The van der Waals surface area contributed by atoms with E-state index in [9.17, 15) is 34.5 Å². The third-order valence-corrected chi connectivity index (χ3v) is 13.1. The summed E-state index contributed by atoms with van der Waals surface area (Å²) in [5.41, 5.74) is 0. The zero-order valence-corrected chi connectivity index (χ0v) is 48.2. The monoisotopic (exact) mass is 1080 g/mol. The van der Waals surface area contributed by atoms with Crippen molar-refractivity contribution in [3.05, 3.63) is 97.2 Å². The Bertz CT molecular complexity index is 1710. The van der Waals surface area contributed by atoms with Crippen molar-refractivity contribution in [2.45, 2.75) is 276 Å². The highest BCUT2D eigenvalue weighted by molar-refractivity contribution is 5.74. The molecule has 1 aliphatic heterocycles. The number of aliphatic hydroxyl groups excluding tert-OH is 2. The van der Waals surface area contributed by atoms with Crippen molar-refractivity contribution >= 4 is 23.9 Å². The van der Waals surface area contributed by atoms with Gasteiger partial charge < -0.3 is 39.0 Å². The van der Waals surface area contributed by atoms with Crippen molar-refractivity contribution in [3.63, 3.8) is 0 Å². The summed E-state index contributed by atoms with van der Waals surface area (Å²) >= 11 is 0. The van der Waals surface area contributed by atoms with E-state index in [0.717, 1.165) is 141 Å². The molecule has 1 fully saturated rings. The fourth-order valence-corrected chi connectivity index (χ4v) is 8.48. The summed E-state index contributed by atoms with van der Waals surface area (Å²) in [5.74, 6) is -3.20. The van der Waals surface area contributed by atoms with E-state index < -0.39 is 67.3 Å². The SMILES string of the molecule is CC/C=C\C/C=C\C/C=C\CCCCCC(=O)OC(COC(=O)CCCCCCC/C=C\C/C=C\CCCCC)COC1OC(C(=O)O)C(O)C(O)C1OC(=O)CCCCCCCC/C=C\C/C=C\C/C=C\CCCCC. The van der Waals surface area contributed by atoms with Crippen LogP contribution in [0.25, 0.3) is 0 Å². The van der Waals surface area contributed by atoms with Crippen LogP contribution in [0.2, 0.25) is 0 Å². The number of aliphatic carboxylic acids is 1. The number of hydrogen-bond donors (Lipinski definition) is 3. The first-order chi connectivity index (χ1) is 37.6. The Morgan fingerprint density at radius 1 is 0.442 bits per heavy atom. The molecule has 0 aliphatic carbocycles. The lowest BCUT2D eigenvalue weighted by molar-refractivity contribution is -0.301. The van der Waals surface area contributed by atoms with Crippen molar-refractivity contribution in [1.29, 1.82) is 0 Å². The first kappa shape index (κ1) is 70.7. The Balaban J connectivity index is 2.70. The summed E-state index contributed by atoms with van der Waals surface area (Å²) in [6, 6.07) is 0. The average molecular weight is 1080 g/mol. The van der Waals surface area contributed by atoms with Crippen LogP contribution in [0, 0.1) is 0 Å². The van der Waals surface area contributed by atoms with Gasteiger partial charge in [-0.2, -0.15) is 0 Å². The molecular weight excluding hydrogens is 973 g/mol. The van der Waals surface area contributed by atoms with Crippen LogP contribution < -0.4 is 0 Å². The lowest BCUT2D eigenvalue weighted by Crippen LogP contribution is -2.61. The highest BCUT2D eigenvalue weighted by Gasteiger charge is 2.50. The molecule has 0 radical (unpaired) electrons. The summed E-state index contributed by atoms with van der Waals surface area (Å²) in [5, 5.41) is 31.5. The summed E-state index contributed by atoms with van der Waals surface area (Å²) < 4.78 is 28.4. The van der Waals surface area contributed by atoms with Crippen LogP contribution in [0.15, 0.2) is 97.2 Å². The fraction of sp³-hybridized carbons (Fsp3) is 0.692. The maximum Gasteiger partial charge on any atom is 0.335 e. The highest BCUT2D eigenvalue weighted by atomic mass is 16.7. The number of ether oxygens (including phenoxy) is 5. The molecule has 3 N–H and O–H groups in total. The summed E-state index contributed by atoms with van der Waals surface area (Å²) in [7, 11) is 0. The molecular formula is C65H106O12. The zero-order valence-electron chi connectivity index (χ0n) is 48.2. The maximum absolute atomic E-state index is 13.1. The van der Waals surface area contributed by atoms with Crippen molar-refractivity contribution in [1.82, 2.24) is 0 Å². The molecule has 0 bridgehead atoms. The van der Waals surface area contributed by atoms with E-state index in [1.165, 1.54) is 38.5 Å². The average Bonchev–Trinajstić information content (AvgIpc) is 3.42. The highest BCUT2D eigenvalue weighted by Crippen LogP contribution is 2.26. The van der Waals surface area contributed by atoms with Crippen LogP contribution in [0.5, 0.6) is 0 Å². The molecule has 1 heterocycles. The summed E-state index contributed by atoms with van der Waals surface area (Å²) in [4.78, 5) is 51.1. The number of hydrogen-bond acceptors (Lipinski definition) is 11. The lowest BCUT2D eigenvalue weighted by atomic mass is 9.98. The topological polar surface area (TPSA) is 175 Å².